The van der Waals surface area contributed by atoms with Gasteiger partial charge < -0.3 is 14.5 Å². The minimum absolute atomic E-state index is 0.149. The monoisotopic (exact) mass is 707 g/mol. The van der Waals surface area contributed by atoms with Gasteiger partial charge in [-0.3, -0.25) is 4.68 Å². The van der Waals surface area contributed by atoms with Gasteiger partial charge in [0.2, 0.25) is 0 Å². The maximum absolute atomic E-state index is 14.0. The van der Waals surface area contributed by atoms with Crippen LogP contribution < -0.4 is 4.90 Å². The Morgan fingerprint density at radius 2 is 1.61 bits per heavy atom. The first-order valence-corrected chi connectivity index (χ1v) is 18.1. The molecule has 0 spiro atoms. The normalized spacial score (nSPS) is 13.9. The molecule has 0 bridgehead atoms. The summed E-state index contributed by atoms with van der Waals surface area (Å²) in [7, 11) is -4.00. The Morgan fingerprint density at radius 1 is 0.863 bits per heavy atom. The van der Waals surface area contributed by atoms with Crippen LogP contribution in [0.1, 0.15) is 31.9 Å². The number of piperazine rings is 1. The summed E-state index contributed by atoms with van der Waals surface area (Å²) in [6, 6.07) is 18.8. The lowest BCUT2D eigenvalue weighted by atomic mass is 10.1. The summed E-state index contributed by atoms with van der Waals surface area (Å²) in [6.07, 6.45) is 8.17. The fraction of sp³-hybridized carbons (Fsp3) is 0.263. The van der Waals surface area contributed by atoms with E-state index in [9.17, 15) is 17.6 Å². The third-order valence-corrected chi connectivity index (χ3v) is 10.4. The number of aryl methyl sites for hydroxylation is 1. The summed E-state index contributed by atoms with van der Waals surface area (Å²) in [6.45, 7) is 10.1. The topological polar surface area (TPSA) is 115 Å². The number of carbonyl (C=O) groups excluding carboxylic acids is 1. The predicted octanol–water partition coefficient (Wildman–Crippen LogP) is 6.75. The summed E-state index contributed by atoms with van der Waals surface area (Å²) in [5.74, 6) is 0.463. The second kappa shape index (κ2) is 13.3. The molecular formula is C38H38FN7O4S. The molecule has 0 saturated carbocycles. The van der Waals surface area contributed by atoms with E-state index in [-0.39, 0.29) is 22.5 Å². The Kier molecular flexibility index (Phi) is 8.84. The number of benzene rings is 2. The molecule has 6 aromatic rings. The number of aromatic nitrogens is 5. The summed E-state index contributed by atoms with van der Waals surface area (Å²) >= 11 is 0. The number of rotatable bonds is 7. The van der Waals surface area contributed by atoms with Crippen LogP contribution in [-0.2, 0) is 21.3 Å². The highest BCUT2D eigenvalue weighted by molar-refractivity contribution is 7.90. The molecule has 0 atom stereocenters. The van der Waals surface area contributed by atoms with Crippen LogP contribution >= 0.6 is 0 Å². The van der Waals surface area contributed by atoms with Crippen molar-refractivity contribution >= 4 is 33.0 Å². The van der Waals surface area contributed by atoms with Crippen molar-refractivity contribution < 1.29 is 22.3 Å². The molecule has 1 fully saturated rings. The molecule has 51 heavy (non-hydrogen) atoms. The second-order valence-corrected chi connectivity index (χ2v) is 15.5. The van der Waals surface area contributed by atoms with Crippen LogP contribution in [0, 0.1) is 12.7 Å². The van der Waals surface area contributed by atoms with E-state index in [1.165, 1.54) is 16.1 Å². The fourth-order valence-corrected chi connectivity index (χ4v) is 7.40. The Hall–Kier alpha value is -5.56. The highest BCUT2D eigenvalue weighted by atomic mass is 32.2. The van der Waals surface area contributed by atoms with Crippen molar-refractivity contribution in [3.8, 4) is 22.3 Å². The zero-order chi connectivity index (χ0) is 35.9. The van der Waals surface area contributed by atoms with Crippen LogP contribution in [0.3, 0.4) is 0 Å². The summed E-state index contributed by atoms with van der Waals surface area (Å²) in [4.78, 5) is 25.9. The molecule has 0 radical (unpaired) electrons. The molecule has 4 aromatic heterocycles. The number of amides is 1. The van der Waals surface area contributed by atoms with E-state index in [4.69, 9.17) is 9.72 Å². The summed E-state index contributed by atoms with van der Waals surface area (Å²) in [5.41, 5.74) is 4.31. The number of hydrogen-bond donors (Lipinski definition) is 0. The number of carbonyl (C=O) groups is 1. The van der Waals surface area contributed by atoms with E-state index in [1.54, 1.807) is 64.7 Å². The van der Waals surface area contributed by atoms with Gasteiger partial charge in [-0.1, -0.05) is 29.8 Å². The third-order valence-electron chi connectivity index (χ3n) is 8.70. The van der Waals surface area contributed by atoms with Crippen molar-refractivity contribution in [2.75, 3.05) is 31.1 Å². The lowest BCUT2D eigenvalue weighted by molar-refractivity contribution is 0.0240. The number of ether oxygens (including phenoxy) is 1. The smallest absolute Gasteiger partial charge is 0.410 e. The lowest BCUT2D eigenvalue weighted by Crippen LogP contribution is -2.50. The average Bonchev–Trinajstić information content (AvgIpc) is 3.72. The van der Waals surface area contributed by atoms with Gasteiger partial charge in [-0.2, -0.15) is 5.10 Å². The highest BCUT2D eigenvalue weighted by Gasteiger charge is 2.27. The van der Waals surface area contributed by atoms with Gasteiger partial charge in [0.1, 0.15) is 17.2 Å². The number of hydrogen-bond acceptors (Lipinski definition) is 8. The van der Waals surface area contributed by atoms with Crippen LogP contribution in [0.2, 0.25) is 0 Å². The summed E-state index contributed by atoms with van der Waals surface area (Å²) < 4.78 is 50.2. The molecule has 11 nitrogen and oxygen atoms in total. The predicted molar refractivity (Wildman–Crippen MR) is 193 cm³/mol. The van der Waals surface area contributed by atoms with Crippen molar-refractivity contribution in [2.24, 2.45) is 0 Å². The van der Waals surface area contributed by atoms with Gasteiger partial charge in [-0.25, -0.2) is 31.5 Å². The van der Waals surface area contributed by atoms with Gasteiger partial charge in [0, 0.05) is 78.6 Å². The first-order chi connectivity index (χ1) is 24.3. The molecule has 2 aromatic carbocycles. The lowest BCUT2D eigenvalue weighted by Gasteiger charge is -2.36. The van der Waals surface area contributed by atoms with Crippen molar-refractivity contribution in [3.63, 3.8) is 0 Å². The highest BCUT2D eigenvalue weighted by Crippen LogP contribution is 2.35. The first kappa shape index (κ1) is 33.9. The molecule has 0 N–H and O–H groups in total. The quantitative estimate of drug-likeness (QED) is 0.179. The minimum Gasteiger partial charge on any atom is -0.444 e. The zero-order valence-electron chi connectivity index (χ0n) is 28.8. The molecule has 1 amide bonds. The van der Waals surface area contributed by atoms with Gasteiger partial charge in [0.15, 0.2) is 5.65 Å². The SMILES string of the molecule is Cc1ccc(S(=O)(=O)n2cc(-c3cnn(Cc4cccc(F)c4)c3)c3cc(-c4ccc(N5CCN(C(=O)OC(C)(C)C)CC5)nc4)cnc32)cc1. The Labute approximate surface area is 296 Å². The van der Waals surface area contributed by atoms with Crippen LogP contribution in [0.4, 0.5) is 15.0 Å². The maximum atomic E-state index is 14.0. The van der Waals surface area contributed by atoms with Crippen molar-refractivity contribution in [1.82, 2.24) is 28.6 Å². The van der Waals surface area contributed by atoms with Crippen LogP contribution in [0.15, 0.2) is 103 Å². The van der Waals surface area contributed by atoms with E-state index in [1.807, 2.05) is 58.2 Å². The molecule has 0 unspecified atom stereocenters. The van der Waals surface area contributed by atoms with E-state index >= 15 is 0 Å². The molecule has 1 saturated heterocycles. The molecular weight excluding hydrogens is 670 g/mol. The largest absolute Gasteiger partial charge is 0.444 e. The molecule has 5 heterocycles. The zero-order valence-corrected chi connectivity index (χ0v) is 29.6. The Bertz CT molecular complexity index is 2320. The van der Waals surface area contributed by atoms with Gasteiger partial charge >= 0.3 is 6.09 Å². The number of nitrogens with zero attached hydrogens (tertiary/aromatic N) is 7. The molecule has 262 valence electrons. The van der Waals surface area contributed by atoms with Gasteiger partial charge in [-0.05, 0) is 75.7 Å². The molecule has 1 aliphatic heterocycles. The molecule has 7 rings (SSSR count). The fourth-order valence-electron chi connectivity index (χ4n) is 6.07. The van der Waals surface area contributed by atoms with E-state index in [0.717, 1.165) is 28.1 Å². The minimum atomic E-state index is -4.00. The third kappa shape index (κ3) is 7.20. The van der Waals surface area contributed by atoms with E-state index in [2.05, 4.69) is 15.0 Å². The average molecular weight is 708 g/mol. The van der Waals surface area contributed by atoms with Crippen LogP contribution in [0.5, 0.6) is 0 Å². The number of halogens is 1. The van der Waals surface area contributed by atoms with E-state index in [0.29, 0.717) is 49.2 Å². The molecule has 13 heteroatoms. The van der Waals surface area contributed by atoms with Gasteiger partial charge in [-0.15, -0.1) is 0 Å². The van der Waals surface area contributed by atoms with Crippen molar-refractivity contribution in [1.29, 1.82) is 0 Å². The number of fused-ring (bicyclic) bond motifs is 1. The Morgan fingerprint density at radius 3 is 2.29 bits per heavy atom. The van der Waals surface area contributed by atoms with Gasteiger partial charge in [0.05, 0.1) is 17.6 Å². The van der Waals surface area contributed by atoms with Crippen molar-refractivity contribution in [2.45, 2.75) is 44.7 Å². The summed E-state index contributed by atoms with van der Waals surface area (Å²) in [5, 5.41) is 5.12. The maximum Gasteiger partial charge on any atom is 0.410 e. The number of anilines is 1. The first-order valence-electron chi connectivity index (χ1n) is 16.6. The second-order valence-electron chi connectivity index (χ2n) is 13.7. The van der Waals surface area contributed by atoms with E-state index < -0.39 is 15.6 Å². The molecule has 1 aliphatic rings. The van der Waals surface area contributed by atoms with Crippen LogP contribution in [-0.4, -0.2) is 74.9 Å². The Balaban J connectivity index is 1.20. The standard InChI is InChI=1S/C38H38FN7O4S/c1-26-8-11-32(12-9-26)51(48,49)46-25-34(30-22-42-45(24-30)23-27-6-5-7-31(39)18-27)33-19-29(21-41-36(33)46)28-10-13-35(40-20-28)43-14-16-44(17-15-43)37(47)50-38(2,3)4/h5-13,18-22,24-25H,14-17,23H2,1-4H3. The van der Waals surface area contributed by atoms with Crippen molar-refractivity contribution in [3.05, 3.63) is 115 Å². The number of pyridine rings is 2. The molecule has 0 aliphatic carbocycles. The van der Waals surface area contributed by atoms with Crippen LogP contribution in [0.25, 0.3) is 33.3 Å². The van der Waals surface area contributed by atoms with Gasteiger partial charge in [0.25, 0.3) is 10.0 Å².